The summed E-state index contributed by atoms with van der Waals surface area (Å²) in [4.78, 5) is 21.6. The van der Waals surface area contributed by atoms with Crippen LogP contribution < -0.4 is 10.5 Å². The van der Waals surface area contributed by atoms with Crippen molar-refractivity contribution in [1.82, 2.24) is 14.5 Å². The highest BCUT2D eigenvalue weighted by Crippen LogP contribution is 2.30. The molecule has 1 aromatic carbocycles. The Morgan fingerprint density at radius 3 is 2.66 bits per heavy atom. The monoisotopic (exact) mass is 430 g/mol. The van der Waals surface area contributed by atoms with E-state index in [-0.39, 0.29) is 28.7 Å². The van der Waals surface area contributed by atoms with E-state index in [4.69, 9.17) is 0 Å². The Balaban J connectivity index is 1.71. The fourth-order valence-corrected chi connectivity index (χ4v) is 4.34. The predicted molar refractivity (Wildman–Crippen MR) is 120 cm³/mol. The van der Waals surface area contributed by atoms with Crippen LogP contribution in [0.1, 0.15) is 29.3 Å². The number of fused-ring (bicyclic) bond motifs is 1. The minimum absolute atomic E-state index is 0.0317. The van der Waals surface area contributed by atoms with Gasteiger partial charge in [-0.25, -0.2) is 9.37 Å². The average molecular weight is 430 g/mol. The summed E-state index contributed by atoms with van der Waals surface area (Å²) in [6, 6.07) is 12.6. The third-order valence-electron chi connectivity index (χ3n) is 6.28. The number of aromatic nitrogens is 2. The molecule has 0 saturated carbocycles. The third-order valence-corrected chi connectivity index (χ3v) is 6.28. The van der Waals surface area contributed by atoms with Gasteiger partial charge >= 0.3 is 0 Å². The first kappa shape index (κ1) is 21.5. The quantitative estimate of drug-likeness (QED) is 0.635. The van der Waals surface area contributed by atoms with Crippen LogP contribution in [0, 0.1) is 35.4 Å². The molecule has 4 rings (SSSR count). The second-order valence-electron chi connectivity index (χ2n) is 8.17. The van der Waals surface area contributed by atoms with Gasteiger partial charge in [-0.15, -0.1) is 0 Å². The molecule has 8 heteroatoms. The largest absolute Gasteiger partial charge is 0.366 e. The molecule has 0 bridgehead atoms. The van der Waals surface area contributed by atoms with E-state index < -0.39 is 0 Å². The van der Waals surface area contributed by atoms with Crippen LogP contribution in [0.4, 0.5) is 10.1 Å². The Morgan fingerprint density at radius 2 is 1.97 bits per heavy atom. The van der Waals surface area contributed by atoms with Crippen LogP contribution in [0.3, 0.4) is 0 Å². The van der Waals surface area contributed by atoms with Gasteiger partial charge in [0.2, 0.25) is 0 Å². The Labute approximate surface area is 185 Å². The Bertz CT molecular complexity index is 1350. The molecule has 1 fully saturated rings. The maximum atomic E-state index is 14.0. The van der Waals surface area contributed by atoms with Gasteiger partial charge in [-0.3, -0.25) is 9.69 Å². The van der Waals surface area contributed by atoms with Crippen molar-refractivity contribution in [2.24, 2.45) is 7.05 Å². The number of anilines is 1. The molecule has 0 N–H and O–H groups in total. The maximum absolute atomic E-state index is 14.0. The highest BCUT2D eigenvalue weighted by atomic mass is 19.1. The fraction of sp³-hybridized carbons (Fsp3) is 0.333. The van der Waals surface area contributed by atoms with Gasteiger partial charge in [-0.1, -0.05) is 12.1 Å². The lowest BCUT2D eigenvalue weighted by atomic mass is 10.0. The molecule has 2 aromatic heterocycles. The molecule has 162 valence electrons. The summed E-state index contributed by atoms with van der Waals surface area (Å²) in [7, 11) is 1.60. The second-order valence-corrected chi connectivity index (χ2v) is 8.17. The van der Waals surface area contributed by atoms with E-state index in [1.165, 1.54) is 10.6 Å². The molecule has 0 spiro atoms. The zero-order valence-corrected chi connectivity index (χ0v) is 18.3. The zero-order chi connectivity index (χ0) is 23.0. The van der Waals surface area contributed by atoms with Gasteiger partial charge in [-0.05, 0) is 43.2 Å². The summed E-state index contributed by atoms with van der Waals surface area (Å²) >= 11 is 0. The first-order valence-electron chi connectivity index (χ1n) is 10.4. The average Bonchev–Trinajstić information content (AvgIpc) is 2.80. The Morgan fingerprint density at radius 1 is 1.19 bits per heavy atom. The van der Waals surface area contributed by atoms with Crippen molar-refractivity contribution in [1.29, 1.82) is 10.5 Å². The maximum Gasteiger partial charge on any atom is 0.270 e. The van der Waals surface area contributed by atoms with Gasteiger partial charge in [-0.2, -0.15) is 10.5 Å². The van der Waals surface area contributed by atoms with E-state index >= 15 is 0 Å². The molecule has 0 radical (unpaired) electrons. The number of hydrogen-bond acceptors (Lipinski definition) is 6. The van der Waals surface area contributed by atoms with Gasteiger partial charge < -0.3 is 9.47 Å². The lowest BCUT2D eigenvalue weighted by Crippen LogP contribution is -2.52. The lowest BCUT2D eigenvalue weighted by Gasteiger charge is -2.41. The second kappa shape index (κ2) is 8.41. The van der Waals surface area contributed by atoms with Gasteiger partial charge in [0, 0.05) is 39.3 Å². The molecule has 1 atom stereocenters. The normalized spacial score (nSPS) is 16.7. The minimum Gasteiger partial charge on any atom is -0.366 e. The predicted octanol–water partition coefficient (Wildman–Crippen LogP) is 2.84. The highest BCUT2D eigenvalue weighted by molar-refractivity contribution is 5.92. The molecule has 1 aliphatic heterocycles. The van der Waals surface area contributed by atoms with Crippen LogP contribution in [-0.4, -0.2) is 40.1 Å². The molecular formula is C24H23FN6O. The molecule has 1 aliphatic rings. The topological polar surface area (TPSA) is 89.0 Å². The number of piperazine rings is 1. The van der Waals surface area contributed by atoms with Crippen LogP contribution in [0.25, 0.3) is 11.0 Å². The number of rotatable bonds is 3. The van der Waals surface area contributed by atoms with Crippen LogP contribution in [0.2, 0.25) is 0 Å². The van der Waals surface area contributed by atoms with Crippen LogP contribution in [0.15, 0.2) is 35.1 Å². The lowest BCUT2D eigenvalue weighted by molar-refractivity contribution is 0.180. The number of nitrogens with zero attached hydrogens (tertiary/aromatic N) is 6. The summed E-state index contributed by atoms with van der Waals surface area (Å²) < 4.78 is 15.4. The summed E-state index contributed by atoms with van der Waals surface area (Å²) in [5, 5.41) is 19.1. The molecule has 0 aliphatic carbocycles. The van der Waals surface area contributed by atoms with Crippen molar-refractivity contribution >= 4 is 16.7 Å². The minimum atomic E-state index is -0.382. The highest BCUT2D eigenvalue weighted by Gasteiger charge is 2.29. The van der Waals surface area contributed by atoms with Crippen molar-refractivity contribution in [3.63, 3.8) is 0 Å². The molecule has 1 saturated heterocycles. The molecule has 32 heavy (non-hydrogen) atoms. The number of benzene rings is 1. The fourth-order valence-electron chi connectivity index (χ4n) is 4.34. The van der Waals surface area contributed by atoms with Crippen molar-refractivity contribution in [3.8, 4) is 12.1 Å². The first-order valence-corrected chi connectivity index (χ1v) is 10.4. The van der Waals surface area contributed by atoms with Gasteiger partial charge in [0.15, 0.2) is 0 Å². The van der Waals surface area contributed by atoms with Crippen molar-refractivity contribution < 1.29 is 4.39 Å². The van der Waals surface area contributed by atoms with Gasteiger partial charge in [0.25, 0.3) is 5.56 Å². The molecule has 3 aromatic rings. The summed E-state index contributed by atoms with van der Waals surface area (Å²) in [6.07, 6.45) is 0. The molecule has 3 heterocycles. The van der Waals surface area contributed by atoms with Gasteiger partial charge in [0.05, 0.1) is 11.2 Å². The van der Waals surface area contributed by atoms with E-state index in [2.05, 4.69) is 22.9 Å². The zero-order valence-electron chi connectivity index (χ0n) is 18.3. The molecular weight excluding hydrogens is 407 g/mol. The first-order chi connectivity index (χ1) is 15.3. The Kier molecular flexibility index (Phi) is 5.65. The van der Waals surface area contributed by atoms with Crippen molar-refractivity contribution in [3.05, 3.63) is 68.9 Å². The van der Waals surface area contributed by atoms with Crippen LogP contribution in [-0.2, 0) is 13.6 Å². The van der Waals surface area contributed by atoms with Crippen molar-refractivity contribution in [2.45, 2.75) is 26.4 Å². The van der Waals surface area contributed by atoms with E-state index in [0.717, 1.165) is 5.56 Å². The summed E-state index contributed by atoms with van der Waals surface area (Å²) in [5.74, 6) is -0.210. The van der Waals surface area contributed by atoms with E-state index in [1.807, 2.05) is 17.0 Å². The summed E-state index contributed by atoms with van der Waals surface area (Å²) in [5.41, 5.74) is 3.02. The molecule has 0 amide bonds. The number of pyridine rings is 2. The molecule has 7 nitrogen and oxygen atoms in total. The number of hydrogen-bond donors (Lipinski definition) is 0. The van der Waals surface area contributed by atoms with Gasteiger partial charge in [0.1, 0.15) is 34.7 Å². The third kappa shape index (κ3) is 3.59. The number of nitriles is 2. The number of aryl methyl sites for hydroxylation is 1. The van der Waals surface area contributed by atoms with Crippen molar-refractivity contribution in [2.75, 3.05) is 24.5 Å². The van der Waals surface area contributed by atoms with Crippen LogP contribution in [0.5, 0.6) is 0 Å². The van der Waals surface area contributed by atoms with E-state index in [9.17, 15) is 19.7 Å². The number of halogens is 1. The molecule has 0 unspecified atom stereocenters. The van der Waals surface area contributed by atoms with E-state index in [0.29, 0.717) is 48.5 Å². The van der Waals surface area contributed by atoms with E-state index in [1.54, 1.807) is 32.2 Å². The smallest absolute Gasteiger partial charge is 0.270 e. The Hall–Kier alpha value is -3.75. The SMILES string of the molecule is Cc1c(F)cccc1CN1CCN(c2c(C#N)c(=O)n(C)c3ccc(C#N)nc23)C[C@H]1C. The van der Waals surface area contributed by atoms with Crippen LogP contribution >= 0.6 is 0 Å². The summed E-state index contributed by atoms with van der Waals surface area (Å²) in [6.45, 7) is 6.31. The standard InChI is InChI=1S/C24H23FN6O/c1-15-13-31(10-9-30(15)14-17-5-4-6-20(25)16(17)2)23-19(12-27)24(32)29(3)21-8-7-18(11-26)28-22(21)23/h4-8,15H,9-10,13-14H2,1-3H3/t15-/m1/s1.